The van der Waals surface area contributed by atoms with Crippen LogP contribution in [0.2, 0.25) is 0 Å². The molecule has 5 nitrogen and oxygen atoms in total. The summed E-state index contributed by atoms with van der Waals surface area (Å²) in [4.78, 5) is 19.4. The van der Waals surface area contributed by atoms with Crippen molar-refractivity contribution in [2.75, 3.05) is 0 Å². The minimum absolute atomic E-state index is 0.253. The zero-order chi connectivity index (χ0) is 20.0. The Morgan fingerprint density at radius 3 is 2.62 bits per heavy atom. The summed E-state index contributed by atoms with van der Waals surface area (Å²) in [5.74, 6) is 1.31. The topological polar surface area (TPSA) is 58.4 Å². The first kappa shape index (κ1) is 18.8. The van der Waals surface area contributed by atoms with Crippen molar-refractivity contribution in [3.63, 3.8) is 0 Å². The van der Waals surface area contributed by atoms with Gasteiger partial charge in [0.25, 0.3) is 0 Å². The maximum Gasteiger partial charge on any atom is 0.229 e. The zero-order valence-electron chi connectivity index (χ0n) is 16.9. The van der Waals surface area contributed by atoms with Gasteiger partial charge in [0.1, 0.15) is 11.6 Å². The number of carbonyl (C=O) groups is 1. The van der Waals surface area contributed by atoms with Crippen LogP contribution in [0.3, 0.4) is 0 Å². The van der Waals surface area contributed by atoms with Crippen molar-refractivity contribution in [1.29, 1.82) is 0 Å². The average molecular weight is 397 g/mol. The third kappa shape index (κ3) is 3.82. The highest BCUT2D eigenvalue weighted by atomic mass is 19.1. The number of aryl methyl sites for hydroxylation is 1. The van der Waals surface area contributed by atoms with Crippen molar-refractivity contribution in [3.8, 4) is 11.5 Å². The summed E-state index contributed by atoms with van der Waals surface area (Å²) in [6.07, 6.45) is 7.67. The second-order valence-corrected chi connectivity index (χ2v) is 8.86. The lowest BCUT2D eigenvalue weighted by molar-refractivity contribution is -0.124. The molecular weight excluding hydrogens is 369 g/mol. The van der Waals surface area contributed by atoms with E-state index in [2.05, 4.69) is 15.2 Å². The molecule has 1 saturated carbocycles. The summed E-state index contributed by atoms with van der Waals surface area (Å²) in [5.41, 5.74) is 1.30. The number of halogens is 1. The highest BCUT2D eigenvalue weighted by Crippen LogP contribution is 2.37. The first-order valence-corrected chi connectivity index (χ1v) is 10.9. The van der Waals surface area contributed by atoms with Gasteiger partial charge in [0.2, 0.25) is 11.8 Å². The smallest absolute Gasteiger partial charge is 0.229 e. The van der Waals surface area contributed by atoms with Crippen molar-refractivity contribution in [2.45, 2.75) is 76.5 Å². The van der Waals surface area contributed by atoms with Gasteiger partial charge in [-0.15, -0.1) is 0 Å². The van der Waals surface area contributed by atoms with Crippen LogP contribution in [-0.4, -0.2) is 33.9 Å². The van der Waals surface area contributed by atoms with Crippen LogP contribution >= 0.6 is 0 Å². The maximum absolute atomic E-state index is 14.1. The first-order valence-electron chi connectivity index (χ1n) is 10.9. The lowest BCUT2D eigenvalue weighted by Gasteiger charge is -2.48. The average Bonchev–Trinajstić information content (AvgIpc) is 3.47. The van der Waals surface area contributed by atoms with Crippen molar-refractivity contribution in [1.82, 2.24) is 15.2 Å². The Morgan fingerprint density at radius 1 is 1.21 bits per heavy atom. The normalized spacial score (nSPS) is 27.0. The van der Waals surface area contributed by atoms with E-state index >= 15 is 0 Å². The summed E-state index contributed by atoms with van der Waals surface area (Å²) < 4.78 is 19.9. The van der Waals surface area contributed by atoms with Gasteiger partial charge >= 0.3 is 0 Å². The lowest BCUT2D eigenvalue weighted by atomic mass is 9.81. The molecule has 2 aromatic rings. The maximum atomic E-state index is 14.1. The third-order valence-electron chi connectivity index (χ3n) is 6.75. The molecule has 1 aromatic carbocycles. The number of rotatable bonds is 5. The van der Waals surface area contributed by atoms with Gasteiger partial charge in [0, 0.05) is 30.6 Å². The fraction of sp³-hybridized carbons (Fsp3) is 0.565. The third-order valence-corrected chi connectivity index (χ3v) is 6.75. The standard InChI is InChI=1S/C23H28FN3O2/c1-14-21(26-23(29-14)19-7-2-3-8-20(19)24)13-27-17-5-4-6-18(27)12-16(11-17)25-22(28)15-9-10-15/h2-3,7-8,15-18H,4-6,9-13H2,1H3,(H,25,28)/t16?,17-,18+. The van der Waals surface area contributed by atoms with E-state index < -0.39 is 0 Å². The van der Waals surface area contributed by atoms with Gasteiger partial charge in [-0.25, -0.2) is 9.37 Å². The number of piperidine rings is 2. The molecule has 0 radical (unpaired) electrons. The van der Waals surface area contributed by atoms with Crippen LogP contribution in [0.15, 0.2) is 28.7 Å². The number of hydrogen-bond donors (Lipinski definition) is 1. The molecule has 154 valence electrons. The molecule has 1 unspecified atom stereocenters. The fourth-order valence-electron chi connectivity index (χ4n) is 5.02. The molecule has 3 aliphatic rings. The molecule has 1 aromatic heterocycles. The van der Waals surface area contributed by atoms with Crippen LogP contribution in [0.1, 0.15) is 56.4 Å². The molecule has 1 aliphatic carbocycles. The van der Waals surface area contributed by atoms with Gasteiger partial charge in [0.05, 0.1) is 11.3 Å². The number of fused-ring (bicyclic) bond motifs is 2. The molecule has 2 bridgehead atoms. The van der Waals surface area contributed by atoms with E-state index in [1.807, 2.05) is 6.92 Å². The molecule has 1 amide bonds. The van der Waals surface area contributed by atoms with Gasteiger partial charge in [-0.1, -0.05) is 18.6 Å². The Bertz CT molecular complexity index is 893. The van der Waals surface area contributed by atoms with Crippen LogP contribution in [0.5, 0.6) is 0 Å². The molecule has 3 heterocycles. The molecule has 6 heteroatoms. The van der Waals surface area contributed by atoms with E-state index in [1.54, 1.807) is 18.2 Å². The van der Waals surface area contributed by atoms with Crippen LogP contribution in [0.4, 0.5) is 4.39 Å². The highest BCUT2D eigenvalue weighted by molar-refractivity contribution is 5.81. The predicted molar refractivity (Wildman–Crippen MR) is 107 cm³/mol. The molecule has 2 saturated heterocycles. The summed E-state index contributed by atoms with van der Waals surface area (Å²) >= 11 is 0. The lowest BCUT2D eigenvalue weighted by Crippen LogP contribution is -2.56. The van der Waals surface area contributed by atoms with Gasteiger partial charge in [-0.05, 0) is 57.6 Å². The van der Waals surface area contributed by atoms with Gasteiger partial charge in [-0.3, -0.25) is 9.69 Å². The largest absolute Gasteiger partial charge is 0.441 e. The number of benzene rings is 1. The minimum Gasteiger partial charge on any atom is -0.441 e. The van der Waals surface area contributed by atoms with Crippen molar-refractivity contribution >= 4 is 5.91 Å². The van der Waals surface area contributed by atoms with Crippen LogP contribution in [0, 0.1) is 18.7 Å². The van der Waals surface area contributed by atoms with Gasteiger partial charge in [-0.2, -0.15) is 0 Å². The van der Waals surface area contributed by atoms with E-state index in [4.69, 9.17) is 4.42 Å². The second-order valence-electron chi connectivity index (χ2n) is 8.86. The monoisotopic (exact) mass is 397 g/mol. The van der Waals surface area contributed by atoms with Gasteiger partial charge in [0.15, 0.2) is 0 Å². The number of hydrogen-bond acceptors (Lipinski definition) is 4. The number of aromatic nitrogens is 1. The van der Waals surface area contributed by atoms with Crippen molar-refractivity contribution in [2.24, 2.45) is 5.92 Å². The number of carbonyl (C=O) groups excluding carboxylic acids is 1. The van der Waals surface area contributed by atoms with Gasteiger partial charge < -0.3 is 9.73 Å². The number of nitrogens with one attached hydrogen (secondary N) is 1. The molecule has 5 rings (SSSR count). The fourth-order valence-corrected chi connectivity index (χ4v) is 5.02. The molecule has 3 atom stereocenters. The Labute approximate surface area is 170 Å². The number of amides is 1. The van der Waals surface area contributed by atoms with E-state index in [-0.39, 0.29) is 17.6 Å². The van der Waals surface area contributed by atoms with E-state index in [0.29, 0.717) is 29.6 Å². The Hall–Kier alpha value is -2.21. The number of oxazole rings is 1. The van der Waals surface area contributed by atoms with Crippen molar-refractivity contribution < 1.29 is 13.6 Å². The van der Waals surface area contributed by atoms with Crippen LogP contribution in [-0.2, 0) is 11.3 Å². The van der Waals surface area contributed by atoms with Crippen molar-refractivity contribution in [3.05, 3.63) is 41.5 Å². The minimum atomic E-state index is -0.315. The second kappa shape index (κ2) is 7.56. The summed E-state index contributed by atoms with van der Waals surface area (Å²) in [7, 11) is 0. The molecule has 29 heavy (non-hydrogen) atoms. The first-order chi connectivity index (χ1) is 14.1. The summed E-state index contributed by atoms with van der Waals surface area (Å²) in [6, 6.07) is 7.81. The predicted octanol–water partition coefficient (Wildman–Crippen LogP) is 4.20. The summed E-state index contributed by atoms with van der Waals surface area (Å²) in [6.45, 7) is 2.63. The van der Waals surface area contributed by atoms with Crippen LogP contribution < -0.4 is 5.32 Å². The number of nitrogens with zero attached hydrogens (tertiary/aromatic N) is 2. The Kier molecular flexibility index (Phi) is 4.90. The molecular formula is C23H28FN3O2. The highest BCUT2D eigenvalue weighted by Gasteiger charge is 2.40. The summed E-state index contributed by atoms with van der Waals surface area (Å²) in [5, 5.41) is 3.30. The molecule has 3 fully saturated rings. The SMILES string of the molecule is Cc1oc(-c2ccccc2F)nc1CN1[C@@H]2CCC[C@H]1CC(NC(=O)C1CC1)C2. The Balaban J connectivity index is 1.30. The van der Waals surface area contributed by atoms with E-state index in [0.717, 1.165) is 56.5 Å². The quantitative estimate of drug-likeness (QED) is 0.822. The Morgan fingerprint density at radius 2 is 1.93 bits per heavy atom. The zero-order valence-corrected chi connectivity index (χ0v) is 16.9. The molecule has 1 N–H and O–H groups in total. The molecule has 0 spiro atoms. The van der Waals surface area contributed by atoms with E-state index in [1.165, 1.54) is 12.5 Å². The van der Waals surface area contributed by atoms with E-state index in [9.17, 15) is 9.18 Å². The molecule has 2 aliphatic heterocycles. The van der Waals surface area contributed by atoms with Crippen LogP contribution in [0.25, 0.3) is 11.5 Å².